The van der Waals surface area contributed by atoms with Gasteiger partial charge in [-0.2, -0.15) is 0 Å². The number of rotatable bonds is 10. The third kappa shape index (κ3) is 6.24. The van der Waals surface area contributed by atoms with Crippen molar-refractivity contribution in [1.29, 1.82) is 0 Å². The van der Waals surface area contributed by atoms with Gasteiger partial charge in [0, 0.05) is 31.9 Å². The second kappa shape index (κ2) is 11.8. The van der Waals surface area contributed by atoms with Gasteiger partial charge in [-0.05, 0) is 57.7 Å². The maximum Gasteiger partial charge on any atom is 0.405 e. The lowest BCUT2D eigenvalue weighted by atomic mass is 10.0. The summed E-state index contributed by atoms with van der Waals surface area (Å²) in [4.78, 5) is 30.5. The Morgan fingerprint density at radius 3 is 2.53 bits per heavy atom. The van der Waals surface area contributed by atoms with Gasteiger partial charge in [0.15, 0.2) is 5.82 Å². The first-order valence-electron chi connectivity index (χ1n) is 13.2. The molecule has 1 fully saturated rings. The van der Waals surface area contributed by atoms with Gasteiger partial charge in [-0.1, -0.05) is 13.8 Å². The number of aromatic nitrogens is 4. The van der Waals surface area contributed by atoms with Crippen LogP contribution < -0.4 is 20.9 Å². The Morgan fingerprint density at radius 1 is 1.13 bits per heavy atom. The zero-order valence-electron chi connectivity index (χ0n) is 22.7. The SMILES string of the molecule is Cc1nnc2c(NCCCCNC(=O)[C@@H](NC(=O)O)C(C)C)nc3cc(N4C[C@H](C)O[C@@H](C)C4)ccc3n12. The molecule has 0 unspecified atom stereocenters. The number of unbranched alkanes of at least 4 members (excludes halogenated alkanes) is 1. The van der Waals surface area contributed by atoms with Crippen LogP contribution in [0, 0.1) is 12.8 Å². The monoisotopic (exact) mass is 526 g/mol. The summed E-state index contributed by atoms with van der Waals surface area (Å²) in [5, 5.41) is 26.1. The van der Waals surface area contributed by atoms with E-state index in [1.54, 1.807) is 13.8 Å². The van der Waals surface area contributed by atoms with Gasteiger partial charge in [0.25, 0.3) is 0 Å². The number of fused-ring (bicyclic) bond motifs is 3. The van der Waals surface area contributed by atoms with Crippen LogP contribution in [0.1, 0.15) is 46.4 Å². The van der Waals surface area contributed by atoms with Crippen molar-refractivity contribution in [1.82, 2.24) is 30.2 Å². The van der Waals surface area contributed by atoms with E-state index < -0.39 is 12.1 Å². The van der Waals surface area contributed by atoms with Crippen molar-refractivity contribution in [3.05, 3.63) is 24.0 Å². The molecule has 206 valence electrons. The third-order valence-corrected chi connectivity index (χ3v) is 6.68. The maximum absolute atomic E-state index is 12.3. The van der Waals surface area contributed by atoms with Crippen molar-refractivity contribution in [3.63, 3.8) is 0 Å². The predicted molar refractivity (Wildman–Crippen MR) is 146 cm³/mol. The van der Waals surface area contributed by atoms with E-state index in [4.69, 9.17) is 14.8 Å². The second-order valence-corrected chi connectivity index (χ2v) is 10.3. The molecular formula is C26H38N8O4. The Bertz CT molecular complexity index is 1280. The second-order valence-electron chi connectivity index (χ2n) is 10.3. The first kappa shape index (κ1) is 27.4. The molecule has 0 radical (unpaired) electrons. The molecule has 0 bridgehead atoms. The van der Waals surface area contributed by atoms with Crippen LogP contribution in [0.4, 0.5) is 16.3 Å². The number of benzene rings is 1. The van der Waals surface area contributed by atoms with Gasteiger partial charge in [0.2, 0.25) is 11.6 Å². The van der Waals surface area contributed by atoms with Crippen LogP contribution in [0.2, 0.25) is 0 Å². The van der Waals surface area contributed by atoms with Crippen molar-refractivity contribution in [2.24, 2.45) is 5.92 Å². The predicted octanol–water partition coefficient (Wildman–Crippen LogP) is 2.80. The molecule has 1 aliphatic rings. The summed E-state index contributed by atoms with van der Waals surface area (Å²) in [7, 11) is 0. The Kier molecular flexibility index (Phi) is 8.50. The smallest absolute Gasteiger partial charge is 0.405 e. The summed E-state index contributed by atoms with van der Waals surface area (Å²) in [5.74, 6) is 0.992. The molecule has 12 heteroatoms. The first-order valence-corrected chi connectivity index (χ1v) is 13.2. The van der Waals surface area contributed by atoms with Crippen LogP contribution >= 0.6 is 0 Å². The summed E-state index contributed by atoms with van der Waals surface area (Å²) in [5.41, 5.74) is 3.58. The van der Waals surface area contributed by atoms with Crippen LogP contribution in [0.5, 0.6) is 0 Å². The number of carbonyl (C=O) groups excluding carboxylic acids is 1. The van der Waals surface area contributed by atoms with Crippen LogP contribution in [0.15, 0.2) is 18.2 Å². The lowest BCUT2D eigenvalue weighted by Gasteiger charge is -2.36. The lowest BCUT2D eigenvalue weighted by molar-refractivity contribution is -0.124. The zero-order chi connectivity index (χ0) is 27.4. The number of hydrogen-bond donors (Lipinski definition) is 4. The number of aryl methyl sites for hydroxylation is 1. The average molecular weight is 527 g/mol. The highest BCUT2D eigenvalue weighted by Gasteiger charge is 2.24. The van der Waals surface area contributed by atoms with Crippen molar-refractivity contribution in [2.45, 2.75) is 65.7 Å². The molecule has 2 aromatic heterocycles. The maximum atomic E-state index is 12.3. The van der Waals surface area contributed by atoms with E-state index in [-0.39, 0.29) is 24.0 Å². The highest BCUT2D eigenvalue weighted by Crippen LogP contribution is 2.27. The van der Waals surface area contributed by atoms with Crippen LogP contribution in [0.3, 0.4) is 0 Å². The van der Waals surface area contributed by atoms with Gasteiger partial charge in [0.1, 0.15) is 11.9 Å². The number of nitrogens with one attached hydrogen (secondary N) is 3. The Hall–Kier alpha value is -3.67. The van der Waals surface area contributed by atoms with Gasteiger partial charge >= 0.3 is 6.09 Å². The minimum absolute atomic E-state index is 0.142. The highest BCUT2D eigenvalue weighted by molar-refractivity contribution is 5.86. The lowest BCUT2D eigenvalue weighted by Crippen LogP contribution is -2.49. The van der Waals surface area contributed by atoms with E-state index in [0.29, 0.717) is 24.6 Å². The first-order chi connectivity index (χ1) is 18.1. The van der Waals surface area contributed by atoms with E-state index in [0.717, 1.165) is 48.5 Å². The summed E-state index contributed by atoms with van der Waals surface area (Å²) < 4.78 is 7.91. The molecule has 0 aliphatic carbocycles. The Balaban J connectivity index is 1.41. The number of carbonyl (C=O) groups is 2. The largest absolute Gasteiger partial charge is 0.465 e. The molecule has 38 heavy (non-hydrogen) atoms. The van der Waals surface area contributed by atoms with Crippen molar-refractivity contribution in [3.8, 4) is 0 Å². The van der Waals surface area contributed by atoms with E-state index in [1.807, 2.05) is 11.3 Å². The molecule has 3 aromatic rings. The summed E-state index contributed by atoms with van der Waals surface area (Å²) in [6.45, 7) is 12.5. The number of amides is 2. The van der Waals surface area contributed by atoms with Crippen LogP contribution in [-0.4, -0.2) is 81.1 Å². The molecular weight excluding hydrogens is 488 g/mol. The Morgan fingerprint density at radius 2 is 1.84 bits per heavy atom. The van der Waals surface area contributed by atoms with E-state index in [9.17, 15) is 9.59 Å². The molecule has 3 heterocycles. The Labute approximate surface area is 222 Å². The van der Waals surface area contributed by atoms with Crippen molar-refractivity contribution < 1.29 is 19.4 Å². The number of morpholine rings is 1. The van der Waals surface area contributed by atoms with Crippen molar-refractivity contribution >= 4 is 40.2 Å². The molecule has 1 aliphatic heterocycles. The third-order valence-electron chi connectivity index (χ3n) is 6.68. The summed E-state index contributed by atoms with van der Waals surface area (Å²) in [6.07, 6.45) is 0.626. The number of nitrogens with zero attached hydrogens (tertiary/aromatic N) is 5. The van der Waals surface area contributed by atoms with Crippen LogP contribution in [0.25, 0.3) is 16.7 Å². The quantitative estimate of drug-likeness (QED) is 0.293. The number of anilines is 2. The summed E-state index contributed by atoms with van der Waals surface area (Å²) in [6, 6.07) is 5.52. The number of ether oxygens (including phenoxy) is 1. The topological polar surface area (TPSA) is 146 Å². The summed E-state index contributed by atoms with van der Waals surface area (Å²) >= 11 is 0. The molecule has 4 rings (SSSR count). The van der Waals surface area contributed by atoms with Gasteiger partial charge in [0.05, 0.1) is 23.2 Å². The standard InChI is InChI=1S/C26H38N8O4/c1-15(2)22(30-26(36)37)25(35)28-11-7-6-10-27-23-24-32-31-18(5)34(24)21-9-8-19(12-20(21)29-23)33-13-16(3)38-17(4)14-33/h8-9,12,15-17,22,30H,6-7,10-11,13-14H2,1-5H3,(H,27,29)(H,28,35)(H,36,37)/t16-,17-,22-/m0/s1. The van der Waals surface area contributed by atoms with E-state index in [1.165, 1.54) is 0 Å². The molecule has 0 saturated carbocycles. The molecule has 3 atom stereocenters. The van der Waals surface area contributed by atoms with Gasteiger partial charge in [-0.3, -0.25) is 9.20 Å². The van der Waals surface area contributed by atoms with Crippen molar-refractivity contribution in [2.75, 3.05) is 36.4 Å². The minimum Gasteiger partial charge on any atom is -0.465 e. The molecule has 4 N–H and O–H groups in total. The van der Waals surface area contributed by atoms with Crippen LogP contribution in [-0.2, 0) is 9.53 Å². The molecule has 12 nitrogen and oxygen atoms in total. The van der Waals surface area contributed by atoms with Gasteiger partial charge in [-0.25, -0.2) is 9.78 Å². The molecule has 1 saturated heterocycles. The fraction of sp³-hybridized carbons (Fsp3) is 0.577. The number of hydrogen-bond acceptors (Lipinski definition) is 8. The zero-order valence-corrected chi connectivity index (χ0v) is 22.7. The molecule has 2 amide bonds. The normalized spacial score (nSPS) is 18.6. The van der Waals surface area contributed by atoms with Gasteiger partial charge in [-0.15, -0.1) is 10.2 Å². The fourth-order valence-electron chi connectivity index (χ4n) is 4.92. The number of carboxylic acid groups (broad SMARTS) is 1. The highest BCUT2D eigenvalue weighted by atomic mass is 16.5. The minimum atomic E-state index is -1.21. The van der Waals surface area contributed by atoms with E-state index in [2.05, 4.69) is 63.1 Å². The van der Waals surface area contributed by atoms with E-state index >= 15 is 0 Å². The fourth-order valence-corrected chi connectivity index (χ4v) is 4.92. The van der Waals surface area contributed by atoms with Gasteiger partial charge < -0.3 is 30.7 Å². The molecule has 0 spiro atoms. The average Bonchev–Trinajstić information content (AvgIpc) is 3.25. The molecule has 1 aromatic carbocycles.